The van der Waals surface area contributed by atoms with Gasteiger partial charge in [0, 0.05) is 34.1 Å². The zero-order chi connectivity index (χ0) is 39.0. The lowest BCUT2D eigenvalue weighted by Gasteiger charge is -2.19. The first-order chi connectivity index (χ1) is 25.6. The SMILES string of the molecule is COC(=O)[C@H](CNC(=O)C(=O)Nc1ccc(C(N)=O)cc1)NC(=O)c1ccc(Nc2nc(NC3(c4ccc(Cl)cc4)CC3)nc(OCC(F)(F)F)n2)cc1. The monoisotopic (exact) mass is 769 g/mol. The van der Waals surface area contributed by atoms with E-state index in [1.165, 1.54) is 48.5 Å². The molecule has 20 heteroatoms. The molecule has 0 aliphatic heterocycles. The second-order valence-electron chi connectivity index (χ2n) is 11.7. The highest BCUT2D eigenvalue weighted by molar-refractivity contribution is 6.39. The fraction of sp³-hybridized carbons (Fsp3) is 0.235. The molecule has 4 aromatic rings. The third kappa shape index (κ3) is 10.5. The molecule has 3 aromatic carbocycles. The molecule has 0 saturated heterocycles. The second-order valence-corrected chi connectivity index (χ2v) is 12.2. The molecule has 0 unspecified atom stereocenters. The van der Waals surface area contributed by atoms with Crippen molar-refractivity contribution in [2.45, 2.75) is 30.6 Å². The van der Waals surface area contributed by atoms with Crippen molar-refractivity contribution in [1.82, 2.24) is 25.6 Å². The fourth-order valence-electron chi connectivity index (χ4n) is 4.86. The molecule has 1 saturated carbocycles. The number of ether oxygens (including phenoxy) is 2. The zero-order valence-corrected chi connectivity index (χ0v) is 28.9. The fourth-order valence-corrected chi connectivity index (χ4v) is 4.99. The lowest BCUT2D eigenvalue weighted by molar-refractivity contribution is -0.154. The van der Waals surface area contributed by atoms with Gasteiger partial charge in [-0.3, -0.25) is 19.2 Å². The highest BCUT2D eigenvalue weighted by Crippen LogP contribution is 2.48. The van der Waals surface area contributed by atoms with Crippen LogP contribution in [0.15, 0.2) is 72.8 Å². The van der Waals surface area contributed by atoms with Crippen molar-refractivity contribution in [3.63, 3.8) is 0 Å². The number of nitrogens with one attached hydrogen (secondary N) is 5. The van der Waals surface area contributed by atoms with Crippen LogP contribution in [-0.2, 0) is 24.7 Å². The van der Waals surface area contributed by atoms with Crippen molar-refractivity contribution >= 4 is 64.5 Å². The van der Waals surface area contributed by atoms with Gasteiger partial charge in [-0.1, -0.05) is 23.7 Å². The number of halogens is 4. The summed E-state index contributed by atoms with van der Waals surface area (Å²) in [4.78, 5) is 73.7. The second kappa shape index (κ2) is 16.4. The summed E-state index contributed by atoms with van der Waals surface area (Å²) < 4.78 is 48.4. The van der Waals surface area contributed by atoms with Crippen LogP contribution in [0.4, 0.5) is 36.4 Å². The Morgan fingerprint density at radius 3 is 2.06 bits per heavy atom. The van der Waals surface area contributed by atoms with Crippen LogP contribution in [0.1, 0.15) is 39.1 Å². The average molecular weight is 770 g/mol. The Bertz CT molecular complexity index is 2030. The van der Waals surface area contributed by atoms with Crippen LogP contribution in [0.3, 0.4) is 0 Å². The number of aromatic nitrogens is 3. The number of carbonyl (C=O) groups is 5. The minimum Gasteiger partial charge on any atom is -0.467 e. The van der Waals surface area contributed by atoms with Gasteiger partial charge in [-0.15, -0.1) is 0 Å². The van der Waals surface area contributed by atoms with Gasteiger partial charge in [0.05, 0.1) is 12.6 Å². The number of carbonyl (C=O) groups excluding carboxylic acids is 5. The number of amides is 4. The molecular weight excluding hydrogens is 739 g/mol. The van der Waals surface area contributed by atoms with Crippen molar-refractivity contribution < 1.29 is 46.6 Å². The summed E-state index contributed by atoms with van der Waals surface area (Å²) in [5, 5.41) is 13.5. The van der Waals surface area contributed by atoms with Crippen LogP contribution in [0, 0.1) is 0 Å². The van der Waals surface area contributed by atoms with E-state index in [0.717, 1.165) is 12.7 Å². The smallest absolute Gasteiger partial charge is 0.422 e. The molecule has 0 radical (unpaired) electrons. The van der Waals surface area contributed by atoms with Gasteiger partial charge in [-0.05, 0) is 79.1 Å². The number of nitrogens with two attached hydrogens (primary N) is 1. The molecule has 0 spiro atoms. The maximum atomic E-state index is 13.0. The van der Waals surface area contributed by atoms with Crippen LogP contribution >= 0.6 is 11.6 Å². The normalized spacial score (nSPS) is 13.4. The predicted octanol–water partition coefficient (Wildman–Crippen LogP) is 3.44. The first-order valence-electron chi connectivity index (χ1n) is 15.9. The Kier molecular flexibility index (Phi) is 11.8. The van der Waals surface area contributed by atoms with Gasteiger partial charge in [0.15, 0.2) is 6.61 Å². The van der Waals surface area contributed by atoms with E-state index >= 15 is 0 Å². The zero-order valence-electron chi connectivity index (χ0n) is 28.1. The highest BCUT2D eigenvalue weighted by atomic mass is 35.5. The van der Waals surface area contributed by atoms with Gasteiger partial charge in [0.2, 0.25) is 17.8 Å². The molecule has 7 N–H and O–H groups in total. The molecule has 54 heavy (non-hydrogen) atoms. The largest absolute Gasteiger partial charge is 0.467 e. The summed E-state index contributed by atoms with van der Waals surface area (Å²) in [6.07, 6.45) is -3.26. The molecule has 1 aliphatic rings. The van der Waals surface area contributed by atoms with Gasteiger partial charge in [-0.25, -0.2) is 4.79 Å². The molecule has 1 heterocycles. The minimum atomic E-state index is -4.65. The van der Waals surface area contributed by atoms with Crippen LogP contribution in [0.25, 0.3) is 0 Å². The van der Waals surface area contributed by atoms with Crippen molar-refractivity contribution in [1.29, 1.82) is 0 Å². The molecule has 5 rings (SSSR count). The Morgan fingerprint density at radius 2 is 1.46 bits per heavy atom. The summed E-state index contributed by atoms with van der Waals surface area (Å²) in [6.45, 7) is -2.15. The molecule has 4 amide bonds. The van der Waals surface area contributed by atoms with E-state index < -0.39 is 66.5 Å². The molecular formula is C34H31ClF3N9O7. The van der Waals surface area contributed by atoms with Gasteiger partial charge in [0.1, 0.15) is 6.04 Å². The third-order valence-corrected chi connectivity index (χ3v) is 8.02. The Hall–Kier alpha value is -6.50. The van der Waals surface area contributed by atoms with Gasteiger partial charge < -0.3 is 41.8 Å². The first-order valence-corrected chi connectivity index (χ1v) is 16.3. The van der Waals surface area contributed by atoms with E-state index in [1.54, 1.807) is 12.1 Å². The summed E-state index contributed by atoms with van der Waals surface area (Å²) >= 11 is 6.02. The molecule has 16 nitrogen and oxygen atoms in total. The predicted molar refractivity (Wildman–Crippen MR) is 187 cm³/mol. The van der Waals surface area contributed by atoms with Crippen molar-refractivity contribution in [3.8, 4) is 6.01 Å². The standard InChI is InChI=1S/C34H31ClF3N9O7/c1-53-29(52)24(16-40-27(50)28(51)41-22-10-2-18(3-11-22)25(39)48)43-26(49)19-4-12-23(13-5-19)42-30-44-31(46-32(45-30)54-17-34(36,37)38)47-33(14-15-33)20-6-8-21(35)9-7-20/h2-13,24H,14-17H2,1H3,(H2,39,48)(H,40,50)(H,41,51)(H,43,49)(H2,42,44,45,46,47)/t24-/m0/s1. The highest BCUT2D eigenvalue weighted by Gasteiger charge is 2.45. The average Bonchev–Trinajstić information content (AvgIpc) is 3.92. The number of alkyl halides is 3. The number of esters is 1. The Balaban J connectivity index is 1.22. The lowest BCUT2D eigenvalue weighted by Crippen LogP contribution is -2.50. The van der Waals surface area contributed by atoms with E-state index in [2.05, 4.69) is 41.5 Å². The number of nitrogens with zero attached hydrogens (tertiary/aromatic N) is 3. The van der Waals surface area contributed by atoms with Crippen LogP contribution in [0.2, 0.25) is 5.02 Å². The summed E-state index contributed by atoms with van der Waals surface area (Å²) in [5.74, 6) is -4.79. The summed E-state index contributed by atoms with van der Waals surface area (Å²) in [7, 11) is 1.07. The van der Waals surface area contributed by atoms with E-state index in [-0.39, 0.29) is 28.7 Å². The minimum absolute atomic E-state index is 0.0506. The van der Waals surface area contributed by atoms with E-state index in [4.69, 9.17) is 26.8 Å². The number of methoxy groups -OCH3 is 1. The molecule has 1 aromatic heterocycles. The number of benzene rings is 3. The summed E-state index contributed by atoms with van der Waals surface area (Å²) in [6, 6.07) is 16.1. The van der Waals surface area contributed by atoms with E-state index in [1.807, 2.05) is 12.1 Å². The molecule has 1 atom stereocenters. The van der Waals surface area contributed by atoms with E-state index in [0.29, 0.717) is 23.6 Å². The van der Waals surface area contributed by atoms with Gasteiger partial charge >= 0.3 is 30.0 Å². The van der Waals surface area contributed by atoms with Gasteiger partial charge in [0.25, 0.3) is 5.91 Å². The van der Waals surface area contributed by atoms with Gasteiger partial charge in [-0.2, -0.15) is 28.1 Å². The number of primary amides is 1. The molecule has 282 valence electrons. The number of rotatable bonds is 14. The van der Waals surface area contributed by atoms with Crippen molar-refractivity contribution in [2.24, 2.45) is 5.73 Å². The first kappa shape index (κ1) is 38.7. The lowest BCUT2D eigenvalue weighted by atomic mass is 10.1. The van der Waals surface area contributed by atoms with Crippen LogP contribution in [0.5, 0.6) is 6.01 Å². The summed E-state index contributed by atoms with van der Waals surface area (Å²) in [5.41, 5.74) is 6.25. The van der Waals surface area contributed by atoms with E-state index in [9.17, 15) is 37.1 Å². The number of anilines is 4. The Labute approximate surface area is 309 Å². The number of hydrogen-bond donors (Lipinski definition) is 6. The number of hydrogen-bond acceptors (Lipinski definition) is 12. The molecule has 0 bridgehead atoms. The maximum Gasteiger partial charge on any atom is 0.422 e. The maximum absolute atomic E-state index is 13.0. The van der Waals surface area contributed by atoms with Crippen LogP contribution in [-0.4, -0.2) is 77.0 Å². The molecule has 1 fully saturated rings. The van der Waals surface area contributed by atoms with Crippen LogP contribution < -0.4 is 37.1 Å². The molecule has 1 aliphatic carbocycles. The van der Waals surface area contributed by atoms with Crippen molar-refractivity contribution in [2.75, 3.05) is 36.2 Å². The third-order valence-electron chi connectivity index (χ3n) is 7.77. The topological polar surface area (TPSA) is 229 Å². The quantitative estimate of drug-likeness (QED) is 0.0801. The van der Waals surface area contributed by atoms with Crippen molar-refractivity contribution in [3.05, 3.63) is 94.5 Å². The Morgan fingerprint density at radius 1 is 0.852 bits per heavy atom.